The second-order valence-corrected chi connectivity index (χ2v) is 7.16. The van der Waals surface area contributed by atoms with E-state index in [4.69, 9.17) is 11.6 Å². The minimum absolute atomic E-state index is 0.164. The van der Waals surface area contributed by atoms with Crippen LogP contribution in [0.4, 0.5) is 0 Å². The van der Waals surface area contributed by atoms with Gasteiger partial charge in [0.1, 0.15) is 0 Å². The summed E-state index contributed by atoms with van der Waals surface area (Å²) in [4.78, 5) is 14.6. The number of likely N-dealkylation sites (tertiary alicyclic amines) is 1. The van der Waals surface area contributed by atoms with Crippen molar-refractivity contribution in [1.29, 1.82) is 0 Å². The molecule has 1 atom stereocenters. The van der Waals surface area contributed by atoms with Gasteiger partial charge in [0.25, 0.3) is 0 Å². The second-order valence-electron chi connectivity index (χ2n) is 5.78. The largest absolute Gasteiger partial charge is 0.339 e. The predicted molar refractivity (Wildman–Crippen MR) is 94.5 cm³/mol. The van der Waals surface area contributed by atoms with Crippen molar-refractivity contribution in [2.45, 2.75) is 43.8 Å². The van der Waals surface area contributed by atoms with Crippen LogP contribution in [0.1, 0.15) is 32.6 Å². The first-order valence-electron chi connectivity index (χ1n) is 8.15. The minimum Gasteiger partial charge on any atom is -0.339 e. The topological polar surface area (TPSA) is 63.9 Å². The lowest BCUT2D eigenvalue weighted by Gasteiger charge is -2.35. The molecule has 0 bridgehead atoms. The van der Waals surface area contributed by atoms with Gasteiger partial charge in [0.15, 0.2) is 0 Å². The van der Waals surface area contributed by atoms with Crippen LogP contribution in [-0.2, 0) is 4.79 Å². The molecule has 1 aliphatic heterocycles. The van der Waals surface area contributed by atoms with Crippen LogP contribution < -0.4 is 0 Å². The SMILES string of the molecule is CCC1CCCCN1C(=O)CSc1nnnn1-c1ccc(Cl)cc1. The fourth-order valence-electron chi connectivity index (χ4n) is 2.98. The average molecular weight is 366 g/mol. The first-order valence-corrected chi connectivity index (χ1v) is 9.52. The number of aromatic nitrogens is 4. The molecule has 0 spiro atoms. The Morgan fingerprint density at radius 2 is 2.12 bits per heavy atom. The molecular formula is C16H20ClN5OS. The van der Waals surface area contributed by atoms with Crippen LogP contribution >= 0.6 is 23.4 Å². The van der Waals surface area contributed by atoms with E-state index >= 15 is 0 Å². The molecule has 3 rings (SSSR count). The van der Waals surface area contributed by atoms with Crippen molar-refractivity contribution >= 4 is 29.3 Å². The molecule has 1 unspecified atom stereocenters. The van der Waals surface area contributed by atoms with Crippen LogP contribution in [0, 0.1) is 0 Å². The molecule has 0 saturated carbocycles. The molecule has 128 valence electrons. The maximum atomic E-state index is 12.6. The molecule has 0 aliphatic carbocycles. The number of carbonyl (C=O) groups excluding carboxylic acids is 1. The van der Waals surface area contributed by atoms with Crippen LogP contribution in [-0.4, -0.2) is 49.4 Å². The molecule has 2 heterocycles. The Morgan fingerprint density at radius 3 is 2.88 bits per heavy atom. The number of tetrazole rings is 1. The molecule has 6 nitrogen and oxygen atoms in total. The average Bonchev–Trinajstić information content (AvgIpc) is 3.08. The zero-order chi connectivity index (χ0) is 16.9. The lowest BCUT2D eigenvalue weighted by atomic mass is 10.0. The number of piperidine rings is 1. The maximum Gasteiger partial charge on any atom is 0.233 e. The van der Waals surface area contributed by atoms with Crippen molar-refractivity contribution in [1.82, 2.24) is 25.1 Å². The smallest absolute Gasteiger partial charge is 0.233 e. The Hall–Kier alpha value is -1.60. The Bertz CT molecular complexity index is 690. The Balaban J connectivity index is 1.66. The Morgan fingerprint density at radius 1 is 1.33 bits per heavy atom. The number of hydrogen-bond acceptors (Lipinski definition) is 5. The van der Waals surface area contributed by atoms with E-state index in [1.807, 2.05) is 17.0 Å². The molecule has 8 heteroatoms. The molecule has 0 N–H and O–H groups in total. The highest BCUT2D eigenvalue weighted by Crippen LogP contribution is 2.23. The summed E-state index contributed by atoms with van der Waals surface area (Å²) in [5, 5.41) is 13.0. The van der Waals surface area contributed by atoms with Crippen LogP contribution in [0.25, 0.3) is 5.69 Å². The summed E-state index contributed by atoms with van der Waals surface area (Å²) in [6.45, 7) is 3.00. The van der Waals surface area contributed by atoms with E-state index < -0.39 is 0 Å². The van der Waals surface area contributed by atoms with Gasteiger partial charge in [-0.25, -0.2) is 0 Å². The van der Waals surface area contributed by atoms with Crippen LogP contribution in [0.15, 0.2) is 29.4 Å². The third-order valence-corrected chi connectivity index (χ3v) is 5.41. The van der Waals surface area contributed by atoms with E-state index in [9.17, 15) is 4.79 Å². The summed E-state index contributed by atoms with van der Waals surface area (Å²) in [5.41, 5.74) is 0.823. The third kappa shape index (κ3) is 3.89. The lowest BCUT2D eigenvalue weighted by molar-refractivity contribution is -0.132. The van der Waals surface area contributed by atoms with Gasteiger partial charge >= 0.3 is 0 Å². The minimum atomic E-state index is 0.164. The van der Waals surface area contributed by atoms with Crippen LogP contribution in [0.3, 0.4) is 0 Å². The van der Waals surface area contributed by atoms with E-state index in [0.29, 0.717) is 22.0 Å². The summed E-state index contributed by atoms with van der Waals surface area (Å²) in [5.74, 6) is 0.516. The van der Waals surface area contributed by atoms with E-state index in [1.165, 1.54) is 18.2 Å². The van der Waals surface area contributed by atoms with Gasteiger partial charge in [-0.3, -0.25) is 4.79 Å². The fraction of sp³-hybridized carbons (Fsp3) is 0.500. The molecule has 1 aliphatic rings. The molecule has 1 saturated heterocycles. The summed E-state index contributed by atoms with van der Waals surface area (Å²) in [7, 11) is 0. The van der Waals surface area contributed by atoms with Gasteiger partial charge in [0.05, 0.1) is 11.4 Å². The first kappa shape index (κ1) is 17.2. The monoisotopic (exact) mass is 365 g/mol. The maximum absolute atomic E-state index is 12.6. The van der Waals surface area contributed by atoms with Crippen molar-refractivity contribution in [3.8, 4) is 5.69 Å². The fourth-order valence-corrected chi connectivity index (χ4v) is 3.88. The van der Waals surface area contributed by atoms with Crippen molar-refractivity contribution < 1.29 is 4.79 Å². The van der Waals surface area contributed by atoms with Gasteiger partial charge in [0, 0.05) is 17.6 Å². The highest BCUT2D eigenvalue weighted by Gasteiger charge is 2.25. The second kappa shape index (κ2) is 7.98. The standard InChI is InChI=1S/C16H20ClN5OS/c1-2-13-5-3-4-10-21(13)15(23)11-24-16-18-19-20-22(16)14-8-6-12(17)7-9-14/h6-9,13H,2-5,10-11H2,1H3. The normalized spacial score (nSPS) is 17.9. The first-order chi connectivity index (χ1) is 11.7. The third-order valence-electron chi connectivity index (χ3n) is 4.26. The molecule has 1 amide bonds. The van der Waals surface area contributed by atoms with Crippen LogP contribution in [0.5, 0.6) is 0 Å². The predicted octanol–water partition coefficient (Wildman–Crippen LogP) is 3.20. The van der Waals surface area contributed by atoms with Gasteiger partial charge in [-0.2, -0.15) is 4.68 Å². The molecule has 24 heavy (non-hydrogen) atoms. The number of thioether (sulfide) groups is 1. The zero-order valence-corrected chi connectivity index (χ0v) is 15.1. The van der Waals surface area contributed by atoms with Crippen molar-refractivity contribution in [3.05, 3.63) is 29.3 Å². The zero-order valence-electron chi connectivity index (χ0n) is 13.6. The molecule has 1 aromatic carbocycles. The van der Waals surface area contributed by atoms with Gasteiger partial charge in [-0.05, 0) is 60.4 Å². The Labute approximate surface area is 150 Å². The van der Waals surface area contributed by atoms with E-state index in [2.05, 4.69) is 22.4 Å². The summed E-state index contributed by atoms with van der Waals surface area (Å²) < 4.78 is 1.63. The van der Waals surface area contributed by atoms with Gasteiger partial charge < -0.3 is 4.90 Å². The highest BCUT2D eigenvalue weighted by molar-refractivity contribution is 7.99. The molecule has 0 radical (unpaired) electrons. The van der Waals surface area contributed by atoms with Crippen molar-refractivity contribution in [2.24, 2.45) is 0 Å². The number of hydrogen-bond donors (Lipinski definition) is 0. The number of nitrogens with zero attached hydrogens (tertiary/aromatic N) is 5. The molecule has 2 aromatic rings. The van der Waals surface area contributed by atoms with Crippen LogP contribution in [0.2, 0.25) is 5.02 Å². The number of amides is 1. The number of rotatable bonds is 5. The molecule has 1 fully saturated rings. The van der Waals surface area contributed by atoms with Gasteiger partial charge in [0.2, 0.25) is 11.1 Å². The van der Waals surface area contributed by atoms with Crippen molar-refractivity contribution in [3.63, 3.8) is 0 Å². The summed E-state index contributed by atoms with van der Waals surface area (Å²) in [6.07, 6.45) is 4.42. The van der Waals surface area contributed by atoms with E-state index in [1.54, 1.807) is 16.8 Å². The van der Waals surface area contributed by atoms with E-state index in [-0.39, 0.29) is 5.91 Å². The summed E-state index contributed by atoms with van der Waals surface area (Å²) >= 11 is 7.28. The van der Waals surface area contributed by atoms with E-state index in [0.717, 1.165) is 31.5 Å². The quantitative estimate of drug-likeness (QED) is 0.761. The molecular weight excluding hydrogens is 346 g/mol. The number of benzene rings is 1. The number of halogens is 1. The van der Waals surface area contributed by atoms with Gasteiger partial charge in [-0.1, -0.05) is 30.3 Å². The lowest BCUT2D eigenvalue weighted by Crippen LogP contribution is -2.44. The highest BCUT2D eigenvalue weighted by atomic mass is 35.5. The van der Waals surface area contributed by atoms with Gasteiger partial charge in [-0.15, -0.1) is 5.10 Å². The Kier molecular flexibility index (Phi) is 5.73. The summed E-state index contributed by atoms with van der Waals surface area (Å²) in [6, 6.07) is 7.65. The molecule has 1 aromatic heterocycles. The van der Waals surface area contributed by atoms with Crippen molar-refractivity contribution in [2.75, 3.05) is 12.3 Å². The number of carbonyl (C=O) groups is 1.